The van der Waals surface area contributed by atoms with Gasteiger partial charge in [-0.15, -0.1) is 0 Å². The van der Waals surface area contributed by atoms with Crippen LogP contribution in [0.4, 0.5) is 0 Å². The third kappa shape index (κ3) is 4.06. The SMILES string of the molecule is c1ccc(CNCCN2CCOc3ccccc3C2)cc1. The Hall–Kier alpha value is -1.84. The summed E-state index contributed by atoms with van der Waals surface area (Å²) in [5.74, 6) is 1.04. The molecule has 1 N–H and O–H groups in total. The van der Waals surface area contributed by atoms with Crippen molar-refractivity contribution in [3.8, 4) is 5.75 Å². The second kappa shape index (κ2) is 7.25. The summed E-state index contributed by atoms with van der Waals surface area (Å²) in [6.07, 6.45) is 0. The second-order valence-electron chi connectivity index (χ2n) is 5.39. The molecule has 2 aromatic rings. The number of rotatable bonds is 5. The highest BCUT2D eigenvalue weighted by Gasteiger charge is 2.13. The van der Waals surface area contributed by atoms with Crippen molar-refractivity contribution in [2.75, 3.05) is 26.2 Å². The van der Waals surface area contributed by atoms with Crippen molar-refractivity contribution in [3.05, 3.63) is 65.7 Å². The van der Waals surface area contributed by atoms with Crippen LogP contribution < -0.4 is 10.1 Å². The van der Waals surface area contributed by atoms with Crippen LogP contribution in [0.25, 0.3) is 0 Å². The van der Waals surface area contributed by atoms with Crippen molar-refractivity contribution in [1.82, 2.24) is 10.2 Å². The van der Waals surface area contributed by atoms with E-state index in [1.165, 1.54) is 11.1 Å². The number of hydrogen-bond acceptors (Lipinski definition) is 3. The topological polar surface area (TPSA) is 24.5 Å². The molecule has 0 radical (unpaired) electrons. The van der Waals surface area contributed by atoms with E-state index >= 15 is 0 Å². The fourth-order valence-corrected chi connectivity index (χ4v) is 2.64. The van der Waals surface area contributed by atoms with Gasteiger partial charge in [0, 0.05) is 38.3 Å². The highest BCUT2D eigenvalue weighted by molar-refractivity contribution is 5.33. The van der Waals surface area contributed by atoms with Crippen LogP contribution in [0.1, 0.15) is 11.1 Å². The molecule has 0 aliphatic carbocycles. The zero-order valence-electron chi connectivity index (χ0n) is 12.3. The Bertz CT molecular complexity index is 556. The molecule has 110 valence electrons. The fourth-order valence-electron chi connectivity index (χ4n) is 2.64. The van der Waals surface area contributed by atoms with Gasteiger partial charge in [0.15, 0.2) is 0 Å². The predicted octanol–water partition coefficient (Wildman–Crippen LogP) is 2.67. The molecule has 1 aliphatic rings. The molecule has 3 heteroatoms. The maximum absolute atomic E-state index is 5.79. The fraction of sp³-hybridized carbons (Fsp3) is 0.333. The smallest absolute Gasteiger partial charge is 0.123 e. The lowest BCUT2D eigenvalue weighted by Gasteiger charge is -2.19. The predicted molar refractivity (Wildman–Crippen MR) is 85.4 cm³/mol. The molecule has 0 unspecified atom stereocenters. The summed E-state index contributed by atoms with van der Waals surface area (Å²) in [6.45, 7) is 5.71. The number of nitrogens with zero attached hydrogens (tertiary/aromatic N) is 1. The highest BCUT2D eigenvalue weighted by atomic mass is 16.5. The van der Waals surface area contributed by atoms with Gasteiger partial charge >= 0.3 is 0 Å². The van der Waals surface area contributed by atoms with Crippen LogP contribution in [0.3, 0.4) is 0 Å². The summed E-state index contributed by atoms with van der Waals surface area (Å²) in [7, 11) is 0. The molecule has 1 aliphatic heterocycles. The van der Waals surface area contributed by atoms with Crippen molar-refractivity contribution in [2.45, 2.75) is 13.1 Å². The molecular weight excluding hydrogens is 260 g/mol. The summed E-state index contributed by atoms with van der Waals surface area (Å²) < 4.78 is 5.79. The lowest BCUT2D eigenvalue weighted by atomic mass is 10.2. The molecule has 0 amide bonds. The van der Waals surface area contributed by atoms with Crippen molar-refractivity contribution >= 4 is 0 Å². The lowest BCUT2D eigenvalue weighted by Crippen LogP contribution is -2.33. The number of nitrogens with one attached hydrogen (secondary N) is 1. The molecule has 0 fully saturated rings. The minimum Gasteiger partial charge on any atom is -0.492 e. The van der Waals surface area contributed by atoms with Crippen LogP contribution >= 0.6 is 0 Å². The zero-order valence-corrected chi connectivity index (χ0v) is 12.3. The molecule has 0 saturated carbocycles. The molecule has 0 spiro atoms. The van der Waals surface area contributed by atoms with Gasteiger partial charge < -0.3 is 10.1 Å². The quantitative estimate of drug-likeness (QED) is 0.853. The molecule has 0 bridgehead atoms. The average molecular weight is 282 g/mol. The Balaban J connectivity index is 1.45. The van der Waals surface area contributed by atoms with Crippen LogP contribution in [0.2, 0.25) is 0 Å². The molecular formula is C18H22N2O. The third-order valence-electron chi connectivity index (χ3n) is 3.81. The van der Waals surface area contributed by atoms with Crippen LogP contribution in [0.15, 0.2) is 54.6 Å². The van der Waals surface area contributed by atoms with Gasteiger partial charge in [0.25, 0.3) is 0 Å². The summed E-state index contributed by atoms with van der Waals surface area (Å²) in [6, 6.07) is 18.9. The van der Waals surface area contributed by atoms with Crippen LogP contribution in [-0.4, -0.2) is 31.1 Å². The Morgan fingerprint density at radius 1 is 1.00 bits per heavy atom. The molecule has 3 nitrogen and oxygen atoms in total. The Morgan fingerprint density at radius 3 is 2.71 bits per heavy atom. The van der Waals surface area contributed by atoms with Crippen molar-refractivity contribution in [2.24, 2.45) is 0 Å². The van der Waals surface area contributed by atoms with E-state index in [9.17, 15) is 0 Å². The molecule has 0 saturated heterocycles. The summed E-state index contributed by atoms with van der Waals surface area (Å²) in [5, 5.41) is 3.51. The third-order valence-corrected chi connectivity index (χ3v) is 3.81. The van der Waals surface area contributed by atoms with Crippen molar-refractivity contribution in [1.29, 1.82) is 0 Å². The maximum Gasteiger partial charge on any atom is 0.123 e. The van der Waals surface area contributed by atoms with Gasteiger partial charge in [-0.1, -0.05) is 48.5 Å². The summed E-state index contributed by atoms with van der Waals surface area (Å²) in [5.41, 5.74) is 2.63. The van der Waals surface area contributed by atoms with E-state index in [1.54, 1.807) is 0 Å². The van der Waals surface area contributed by atoms with Crippen LogP contribution in [0, 0.1) is 0 Å². The molecule has 0 atom stereocenters. The van der Waals surface area contributed by atoms with E-state index in [0.717, 1.165) is 45.1 Å². The first-order chi connectivity index (χ1) is 10.4. The van der Waals surface area contributed by atoms with Gasteiger partial charge in [0.2, 0.25) is 0 Å². The molecule has 0 aromatic heterocycles. The van der Waals surface area contributed by atoms with E-state index in [4.69, 9.17) is 4.74 Å². The number of benzene rings is 2. The van der Waals surface area contributed by atoms with E-state index in [1.807, 2.05) is 6.07 Å². The first kappa shape index (κ1) is 14.1. The van der Waals surface area contributed by atoms with Gasteiger partial charge in [0.05, 0.1) is 0 Å². The van der Waals surface area contributed by atoms with Crippen molar-refractivity contribution in [3.63, 3.8) is 0 Å². The first-order valence-corrected chi connectivity index (χ1v) is 7.59. The van der Waals surface area contributed by atoms with E-state index in [2.05, 4.69) is 58.7 Å². The number of ether oxygens (including phenoxy) is 1. The number of hydrogen-bond donors (Lipinski definition) is 1. The van der Waals surface area contributed by atoms with E-state index in [0.29, 0.717) is 0 Å². The second-order valence-corrected chi connectivity index (χ2v) is 5.39. The molecule has 3 rings (SSSR count). The van der Waals surface area contributed by atoms with Gasteiger partial charge in [-0.25, -0.2) is 0 Å². The monoisotopic (exact) mass is 282 g/mol. The highest BCUT2D eigenvalue weighted by Crippen LogP contribution is 2.21. The first-order valence-electron chi connectivity index (χ1n) is 7.59. The van der Waals surface area contributed by atoms with Gasteiger partial charge in [-0.3, -0.25) is 4.90 Å². The lowest BCUT2D eigenvalue weighted by molar-refractivity contribution is 0.226. The average Bonchev–Trinajstić information content (AvgIpc) is 2.74. The molecule has 21 heavy (non-hydrogen) atoms. The van der Waals surface area contributed by atoms with Crippen LogP contribution in [0.5, 0.6) is 5.75 Å². The standard InChI is InChI=1S/C18H22N2O/c1-2-6-16(7-3-1)14-19-10-11-20-12-13-21-18-9-5-4-8-17(18)15-20/h1-9,19H,10-15H2. The van der Waals surface area contributed by atoms with Crippen molar-refractivity contribution < 1.29 is 4.74 Å². The van der Waals surface area contributed by atoms with Crippen LogP contribution in [-0.2, 0) is 13.1 Å². The molecule has 1 heterocycles. The Labute approximate surface area is 126 Å². The normalized spacial score (nSPS) is 15.0. The zero-order chi connectivity index (χ0) is 14.3. The minimum absolute atomic E-state index is 0.774. The maximum atomic E-state index is 5.79. The minimum atomic E-state index is 0.774. The Morgan fingerprint density at radius 2 is 1.81 bits per heavy atom. The van der Waals surface area contributed by atoms with Gasteiger partial charge in [0.1, 0.15) is 12.4 Å². The largest absolute Gasteiger partial charge is 0.492 e. The summed E-state index contributed by atoms with van der Waals surface area (Å²) >= 11 is 0. The van der Waals surface area contributed by atoms with Gasteiger partial charge in [-0.2, -0.15) is 0 Å². The van der Waals surface area contributed by atoms with E-state index in [-0.39, 0.29) is 0 Å². The van der Waals surface area contributed by atoms with E-state index < -0.39 is 0 Å². The number of fused-ring (bicyclic) bond motifs is 1. The Kier molecular flexibility index (Phi) is 4.87. The molecule has 2 aromatic carbocycles. The summed E-state index contributed by atoms with van der Waals surface area (Å²) in [4.78, 5) is 2.45. The number of para-hydroxylation sites is 1. The van der Waals surface area contributed by atoms with Gasteiger partial charge in [-0.05, 0) is 11.6 Å².